The summed E-state index contributed by atoms with van der Waals surface area (Å²) in [4.78, 5) is 14.8. The molecule has 0 aliphatic heterocycles. The van der Waals surface area contributed by atoms with Crippen LogP contribution in [0.3, 0.4) is 0 Å². The summed E-state index contributed by atoms with van der Waals surface area (Å²) < 4.78 is 15.0. The maximum absolute atomic E-state index is 13.3. The molecule has 0 unspecified atom stereocenters. The highest BCUT2D eigenvalue weighted by atomic mass is 19.1. The topological polar surface area (TPSA) is 34.9 Å². The van der Waals surface area contributed by atoms with Crippen LogP contribution in [-0.2, 0) is 7.05 Å². The smallest absolute Gasteiger partial charge is 0.153 e. The van der Waals surface area contributed by atoms with Crippen LogP contribution in [0.25, 0.3) is 11.3 Å². The van der Waals surface area contributed by atoms with Crippen molar-refractivity contribution in [1.29, 1.82) is 0 Å². The molecule has 15 heavy (non-hydrogen) atoms. The molecule has 0 aliphatic rings. The van der Waals surface area contributed by atoms with Crippen molar-refractivity contribution in [3.8, 4) is 11.3 Å². The van der Waals surface area contributed by atoms with Gasteiger partial charge in [-0.15, -0.1) is 0 Å². The summed E-state index contributed by atoms with van der Waals surface area (Å²) in [6.07, 6.45) is 3.86. The Morgan fingerprint density at radius 1 is 1.47 bits per heavy atom. The van der Waals surface area contributed by atoms with Crippen LogP contribution in [0.15, 0.2) is 30.7 Å². The number of halogens is 1. The number of aromatic nitrogens is 2. The van der Waals surface area contributed by atoms with Gasteiger partial charge in [-0.1, -0.05) is 12.1 Å². The molecule has 2 aromatic rings. The third-order valence-corrected chi connectivity index (χ3v) is 2.15. The van der Waals surface area contributed by atoms with E-state index in [4.69, 9.17) is 0 Å². The molecule has 2 rings (SSSR count). The van der Waals surface area contributed by atoms with Gasteiger partial charge in [0.15, 0.2) is 6.29 Å². The Morgan fingerprint density at radius 3 is 2.87 bits per heavy atom. The number of aryl methyl sites for hydroxylation is 1. The SMILES string of the molecule is Cn1cnc(-c2cccc(F)c2C=O)c1. The molecular formula is C11H9FN2O. The second kappa shape index (κ2) is 3.65. The van der Waals surface area contributed by atoms with Gasteiger partial charge in [-0.25, -0.2) is 9.37 Å². The molecule has 0 N–H and O–H groups in total. The molecule has 4 heteroatoms. The van der Waals surface area contributed by atoms with E-state index in [1.54, 1.807) is 29.2 Å². The molecule has 1 aromatic carbocycles. The highest BCUT2D eigenvalue weighted by molar-refractivity contribution is 5.86. The zero-order chi connectivity index (χ0) is 10.8. The highest BCUT2D eigenvalue weighted by Crippen LogP contribution is 2.22. The first kappa shape index (κ1) is 9.58. The maximum atomic E-state index is 13.3. The van der Waals surface area contributed by atoms with Crippen molar-refractivity contribution in [2.24, 2.45) is 7.05 Å². The number of carbonyl (C=O) groups excluding carboxylic acids is 1. The van der Waals surface area contributed by atoms with E-state index in [1.807, 2.05) is 7.05 Å². The normalized spacial score (nSPS) is 10.3. The van der Waals surface area contributed by atoms with Gasteiger partial charge in [0.25, 0.3) is 0 Å². The number of hydrogen-bond donors (Lipinski definition) is 0. The zero-order valence-electron chi connectivity index (χ0n) is 8.14. The first-order valence-corrected chi connectivity index (χ1v) is 4.44. The van der Waals surface area contributed by atoms with E-state index in [0.29, 0.717) is 17.5 Å². The Morgan fingerprint density at radius 2 is 2.27 bits per heavy atom. The Kier molecular flexibility index (Phi) is 2.33. The molecule has 76 valence electrons. The summed E-state index contributed by atoms with van der Waals surface area (Å²) in [5, 5.41) is 0. The molecule has 0 spiro atoms. The third kappa shape index (κ3) is 1.66. The van der Waals surface area contributed by atoms with Gasteiger partial charge in [-0.2, -0.15) is 0 Å². The van der Waals surface area contributed by atoms with Crippen molar-refractivity contribution in [3.63, 3.8) is 0 Å². The molecule has 0 bridgehead atoms. The molecule has 0 aliphatic carbocycles. The van der Waals surface area contributed by atoms with E-state index >= 15 is 0 Å². The monoisotopic (exact) mass is 204 g/mol. The number of carbonyl (C=O) groups is 1. The number of rotatable bonds is 2. The highest BCUT2D eigenvalue weighted by Gasteiger charge is 2.10. The number of aldehydes is 1. The van der Waals surface area contributed by atoms with Crippen LogP contribution in [0.2, 0.25) is 0 Å². The molecule has 0 saturated carbocycles. The van der Waals surface area contributed by atoms with Crippen LogP contribution < -0.4 is 0 Å². The van der Waals surface area contributed by atoms with Crippen LogP contribution in [0, 0.1) is 5.82 Å². The Hall–Kier alpha value is -1.97. The Labute approximate surface area is 86.2 Å². The Bertz CT molecular complexity index is 505. The first-order chi connectivity index (χ1) is 7.22. The summed E-state index contributed by atoms with van der Waals surface area (Å²) in [6.45, 7) is 0. The molecule has 0 fully saturated rings. The van der Waals surface area contributed by atoms with Gasteiger partial charge in [0.1, 0.15) is 5.82 Å². The molecule has 0 amide bonds. The lowest BCUT2D eigenvalue weighted by molar-refractivity contribution is 0.112. The van der Waals surface area contributed by atoms with Crippen LogP contribution in [0.1, 0.15) is 10.4 Å². The second-order valence-corrected chi connectivity index (χ2v) is 3.24. The van der Waals surface area contributed by atoms with E-state index in [0.717, 1.165) is 0 Å². The van der Waals surface area contributed by atoms with Gasteiger partial charge in [0.05, 0.1) is 17.6 Å². The molecule has 1 aromatic heterocycles. The number of hydrogen-bond acceptors (Lipinski definition) is 2. The van der Waals surface area contributed by atoms with E-state index < -0.39 is 5.82 Å². The van der Waals surface area contributed by atoms with Crippen LogP contribution in [-0.4, -0.2) is 15.8 Å². The van der Waals surface area contributed by atoms with E-state index in [1.165, 1.54) is 6.07 Å². The molecular weight excluding hydrogens is 195 g/mol. The lowest BCUT2D eigenvalue weighted by Crippen LogP contribution is -1.92. The Balaban J connectivity index is 2.62. The van der Waals surface area contributed by atoms with Crippen molar-refractivity contribution >= 4 is 6.29 Å². The van der Waals surface area contributed by atoms with Crippen molar-refractivity contribution in [1.82, 2.24) is 9.55 Å². The lowest BCUT2D eigenvalue weighted by atomic mass is 10.1. The van der Waals surface area contributed by atoms with E-state index in [9.17, 15) is 9.18 Å². The predicted molar refractivity (Wildman–Crippen MR) is 54.0 cm³/mol. The van der Waals surface area contributed by atoms with Gasteiger partial charge >= 0.3 is 0 Å². The van der Waals surface area contributed by atoms with Gasteiger partial charge < -0.3 is 4.57 Å². The summed E-state index contributed by atoms with van der Waals surface area (Å²) in [7, 11) is 1.82. The molecule has 0 saturated heterocycles. The summed E-state index contributed by atoms with van der Waals surface area (Å²) >= 11 is 0. The molecule has 3 nitrogen and oxygen atoms in total. The van der Waals surface area contributed by atoms with Crippen molar-refractivity contribution in [2.75, 3.05) is 0 Å². The minimum atomic E-state index is -0.520. The van der Waals surface area contributed by atoms with Gasteiger partial charge in [0, 0.05) is 18.8 Å². The molecule has 0 radical (unpaired) electrons. The third-order valence-electron chi connectivity index (χ3n) is 2.15. The van der Waals surface area contributed by atoms with Crippen molar-refractivity contribution in [3.05, 3.63) is 42.1 Å². The minimum Gasteiger partial charge on any atom is -0.340 e. The fourth-order valence-corrected chi connectivity index (χ4v) is 1.43. The summed E-state index contributed by atoms with van der Waals surface area (Å²) in [5.41, 5.74) is 1.17. The van der Waals surface area contributed by atoms with Crippen molar-refractivity contribution in [2.45, 2.75) is 0 Å². The van der Waals surface area contributed by atoms with Gasteiger partial charge in [0.2, 0.25) is 0 Å². The van der Waals surface area contributed by atoms with E-state index in [2.05, 4.69) is 4.98 Å². The maximum Gasteiger partial charge on any atom is 0.153 e. The predicted octanol–water partition coefficient (Wildman–Crippen LogP) is 2.04. The van der Waals surface area contributed by atoms with E-state index in [-0.39, 0.29) is 5.56 Å². The molecule has 0 atom stereocenters. The van der Waals surface area contributed by atoms with Crippen LogP contribution in [0.5, 0.6) is 0 Å². The summed E-state index contributed by atoms with van der Waals surface area (Å²) in [5.74, 6) is -0.520. The van der Waals surface area contributed by atoms with Crippen LogP contribution >= 0.6 is 0 Å². The average Bonchev–Trinajstić information content (AvgIpc) is 2.64. The number of nitrogens with zero attached hydrogens (tertiary/aromatic N) is 2. The molecule has 1 heterocycles. The summed E-state index contributed by atoms with van der Waals surface area (Å²) in [6, 6.07) is 4.50. The second-order valence-electron chi connectivity index (χ2n) is 3.24. The number of benzene rings is 1. The van der Waals surface area contributed by atoms with Gasteiger partial charge in [-0.05, 0) is 6.07 Å². The van der Waals surface area contributed by atoms with Gasteiger partial charge in [-0.3, -0.25) is 4.79 Å². The lowest BCUT2D eigenvalue weighted by Gasteiger charge is -2.01. The standard InChI is InChI=1S/C11H9FN2O/c1-14-5-11(13-7-14)8-3-2-4-10(12)9(8)6-15/h2-7H,1H3. The minimum absolute atomic E-state index is 0.0520. The average molecular weight is 204 g/mol. The number of imidazole rings is 1. The fraction of sp³-hybridized carbons (Fsp3) is 0.0909. The fourth-order valence-electron chi connectivity index (χ4n) is 1.43. The zero-order valence-corrected chi connectivity index (χ0v) is 8.14. The van der Waals surface area contributed by atoms with Crippen LogP contribution in [0.4, 0.5) is 4.39 Å². The van der Waals surface area contributed by atoms with Crippen molar-refractivity contribution < 1.29 is 9.18 Å². The first-order valence-electron chi connectivity index (χ1n) is 4.44. The quantitative estimate of drug-likeness (QED) is 0.701. The largest absolute Gasteiger partial charge is 0.340 e.